The molecule has 1 aliphatic rings. The summed E-state index contributed by atoms with van der Waals surface area (Å²) in [5.41, 5.74) is 5.70. The molecule has 160 valence electrons. The van der Waals surface area contributed by atoms with Crippen molar-refractivity contribution in [2.45, 2.75) is 44.6 Å². The molecule has 0 aliphatic heterocycles. The molecule has 2 aromatic heterocycles. The van der Waals surface area contributed by atoms with Crippen molar-refractivity contribution >= 4 is 39.3 Å². The minimum absolute atomic E-state index is 0.469. The molecular formula is C23H27ClN2O3S. The summed E-state index contributed by atoms with van der Waals surface area (Å²) in [5.74, 6) is 0.469. The Kier molecular flexibility index (Phi) is 6.09. The Hall–Kier alpha value is -2.02. The molecule has 5 nitrogen and oxygen atoms in total. The average molecular weight is 447 g/mol. The van der Waals surface area contributed by atoms with Crippen molar-refractivity contribution in [3.63, 3.8) is 0 Å². The van der Waals surface area contributed by atoms with Crippen molar-refractivity contribution < 1.29 is 14.6 Å². The van der Waals surface area contributed by atoms with E-state index in [1.54, 1.807) is 0 Å². The summed E-state index contributed by atoms with van der Waals surface area (Å²) in [5, 5.41) is 10.5. The Morgan fingerprint density at radius 3 is 2.50 bits per heavy atom. The number of nitrogens with zero attached hydrogens (tertiary/aromatic N) is 2. The van der Waals surface area contributed by atoms with Crippen LogP contribution in [-0.4, -0.2) is 34.8 Å². The Morgan fingerprint density at radius 2 is 1.90 bits per heavy atom. The monoisotopic (exact) mass is 446 g/mol. The van der Waals surface area contributed by atoms with Gasteiger partial charge in [-0.25, -0.2) is 4.79 Å². The van der Waals surface area contributed by atoms with Gasteiger partial charge in [0, 0.05) is 24.2 Å². The van der Waals surface area contributed by atoms with Crippen LogP contribution in [0.1, 0.15) is 49.1 Å². The molecule has 0 radical (unpaired) electrons. The summed E-state index contributed by atoms with van der Waals surface area (Å²) in [6, 6.07) is 8.02. The fraction of sp³-hybridized carbons (Fsp3) is 0.435. The zero-order valence-corrected chi connectivity index (χ0v) is 19.1. The third-order valence-corrected chi connectivity index (χ3v) is 7.28. The van der Waals surface area contributed by atoms with E-state index in [2.05, 4.69) is 23.7 Å². The first-order valence-corrected chi connectivity index (χ1v) is 11.5. The van der Waals surface area contributed by atoms with Gasteiger partial charge in [-0.2, -0.15) is 0 Å². The Balaban J connectivity index is 1.99. The van der Waals surface area contributed by atoms with Crippen molar-refractivity contribution in [3.8, 4) is 16.3 Å². The SMILES string of the molecule is CN(C)Cc1c(OC(=O)O)sc2c(C3CCCCC3)c(-c3ccc(Cl)cc3)n(C)c12. The minimum Gasteiger partial charge on any atom is -0.449 e. The van der Waals surface area contributed by atoms with Gasteiger partial charge in [-0.05, 0) is 56.1 Å². The molecule has 2 heterocycles. The molecule has 0 saturated heterocycles. The molecule has 0 amide bonds. The lowest BCUT2D eigenvalue weighted by Crippen LogP contribution is -2.13. The smallest absolute Gasteiger partial charge is 0.449 e. The molecule has 1 aliphatic carbocycles. The van der Waals surface area contributed by atoms with Crippen LogP contribution in [0, 0.1) is 0 Å². The van der Waals surface area contributed by atoms with E-state index in [9.17, 15) is 9.90 Å². The van der Waals surface area contributed by atoms with Gasteiger partial charge >= 0.3 is 6.16 Å². The van der Waals surface area contributed by atoms with E-state index >= 15 is 0 Å². The van der Waals surface area contributed by atoms with E-state index < -0.39 is 6.16 Å². The number of halogens is 1. The van der Waals surface area contributed by atoms with E-state index in [4.69, 9.17) is 16.3 Å². The lowest BCUT2D eigenvalue weighted by atomic mass is 9.83. The summed E-state index contributed by atoms with van der Waals surface area (Å²) in [6.07, 6.45) is 4.81. The third-order valence-electron chi connectivity index (χ3n) is 5.90. The summed E-state index contributed by atoms with van der Waals surface area (Å²) < 4.78 is 8.61. The molecule has 4 rings (SSSR count). The number of fused-ring (bicyclic) bond motifs is 1. The molecule has 0 atom stereocenters. The van der Waals surface area contributed by atoms with Crippen LogP contribution < -0.4 is 4.74 Å². The fourth-order valence-electron chi connectivity index (χ4n) is 4.72. The van der Waals surface area contributed by atoms with Crippen molar-refractivity contribution in [1.82, 2.24) is 9.47 Å². The largest absolute Gasteiger partial charge is 0.512 e. The van der Waals surface area contributed by atoms with Crippen molar-refractivity contribution in [1.29, 1.82) is 0 Å². The van der Waals surface area contributed by atoms with Crippen LogP contribution in [-0.2, 0) is 13.6 Å². The van der Waals surface area contributed by atoms with E-state index in [1.165, 1.54) is 41.9 Å². The van der Waals surface area contributed by atoms with Gasteiger partial charge < -0.3 is 19.3 Å². The first-order valence-electron chi connectivity index (χ1n) is 10.3. The van der Waals surface area contributed by atoms with Gasteiger partial charge in [-0.15, -0.1) is 0 Å². The normalized spacial score (nSPS) is 15.2. The number of aromatic nitrogens is 1. The maximum Gasteiger partial charge on any atom is 0.512 e. The number of ether oxygens (including phenoxy) is 1. The van der Waals surface area contributed by atoms with Crippen molar-refractivity contribution in [2.75, 3.05) is 14.1 Å². The fourth-order valence-corrected chi connectivity index (χ4v) is 6.16. The molecule has 3 aromatic rings. The van der Waals surface area contributed by atoms with Crippen LogP contribution in [0.15, 0.2) is 24.3 Å². The highest BCUT2D eigenvalue weighted by Gasteiger charge is 2.30. The van der Waals surface area contributed by atoms with E-state index in [-0.39, 0.29) is 0 Å². The number of hydrogen-bond acceptors (Lipinski definition) is 4. The molecule has 7 heteroatoms. The predicted molar refractivity (Wildman–Crippen MR) is 123 cm³/mol. The molecular weight excluding hydrogens is 420 g/mol. The topological polar surface area (TPSA) is 54.7 Å². The van der Waals surface area contributed by atoms with E-state index in [1.807, 2.05) is 31.1 Å². The van der Waals surface area contributed by atoms with Crippen LogP contribution in [0.2, 0.25) is 5.02 Å². The number of thiophene rings is 1. The van der Waals surface area contributed by atoms with Gasteiger partial charge in [-0.1, -0.05) is 54.3 Å². The minimum atomic E-state index is -1.27. The highest BCUT2D eigenvalue weighted by atomic mass is 35.5. The summed E-state index contributed by atoms with van der Waals surface area (Å²) in [4.78, 5) is 13.4. The van der Waals surface area contributed by atoms with Gasteiger partial charge in [0.25, 0.3) is 0 Å². The highest BCUT2D eigenvalue weighted by Crippen LogP contribution is 2.50. The molecule has 30 heavy (non-hydrogen) atoms. The zero-order valence-electron chi connectivity index (χ0n) is 17.6. The van der Waals surface area contributed by atoms with Crippen molar-refractivity contribution in [3.05, 3.63) is 40.4 Å². The van der Waals surface area contributed by atoms with Gasteiger partial charge in [-0.3, -0.25) is 0 Å². The second kappa shape index (κ2) is 8.61. The second-order valence-electron chi connectivity index (χ2n) is 8.31. The van der Waals surface area contributed by atoms with Crippen LogP contribution in [0.3, 0.4) is 0 Å². The van der Waals surface area contributed by atoms with E-state index in [0.29, 0.717) is 17.5 Å². The third kappa shape index (κ3) is 3.96. The van der Waals surface area contributed by atoms with Crippen LogP contribution in [0.25, 0.3) is 21.5 Å². The van der Waals surface area contributed by atoms with Gasteiger partial charge in [0.15, 0.2) is 5.06 Å². The van der Waals surface area contributed by atoms with E-state index in [0.717, 1.165) is 39.2 Å². The lowest BCUT2D eigenvalue weighted by molar-refractivity contribution is 0.145. The average Bonchev–Trinajstić information content (AvgIpc) is 3.17. The Morgan fingerprint density at radius 1 is 1.23 bits per heavy atom. The molecule has 0 spiro atoms. The number of aryl methyl sites for hydroxylation is 1. The lowest BCUT2D eigenvalue weighted by Gasteiger charge is -2.23. The first kappa shape index (κ1) is 21.2. The molecule has 1 N–H and O–H groups in total. The summed E-state index contributed by atoms with van der Waals surface area (Å²) >= 11 is 7.63. The molecule has 1 fully saturated rings. The highest BCUT2D eigenvalue weighted by molar-refractivity contribution is 7.21. The van der Waals surface area contributed by atoms with Crippen LogP contribution >= 0.6 is 22.9 Å². The second-order valence-corrected chi connectivity index (χ2v) is 9.73. The standard InChI is InChI=1S/C23H27ClN2O3S/c1-25(2)13-17-20-21(30-22(17)29-23(27)28)18(14-7-5-4-6-8-14)19(26(20)3)15-9-11-16(24)12-10-15/h9-12,14H,4-8,13H2,1-3H3,(H,27,28). The number of benzene rings is 1. The molecule has 1 aromatic carbocycles. The molecule has 0 bridgehead atoms. The number of hydrogen-bond donors (Lipinski definition) is 1. The first-order chi connectivity index (χ1) is 14.4. The number of rotatable bonds is 5. The maximum absolute atomic E-state index is 11.3. The Bertz CT molecular complexity index is 1060. The molecule has 0 unspecified atom stereocenters. The zero-order chi connectivity index (χ0) is 21.4. The summed E-state index contributed by atoms with van der Waals surface area (Å²) in [6.45, 7) is 0.616. The van der Waals surface area contributed by atoms with Gasteiger partial charge in [0.05, 0.1) is 15.9 Å². The number of carboxylic acid groups (broad SMARTS) is 1. The maximum atomic E-state index is 11.3. The summed E-state index contributed by atoms with van der Waals surface area (Å²) in [7, 11) is 6.05. The van der Waals surface area contributed by atoms with Crippen LogP contribution in [0.5, 0.6) is 5.06 Å². The van der Waals surface area contributed by atoms with Crippen LogP contribution in [0.4, 0.5) is 4.79 Å². The van der Waals surface area contributed by atoms with Crippen molar-refractivity contribution in [2.24, 2.45) is 7.05 Å². The van der Waals surface area contributed by atoms with Gasteiger partial charge in [0.1, 0.15) is 0 Å². The predicted octanol–water partition coefficient (Wildman–Crippen LogP) is 6.73. The Labute approximate surface area is 185 Å². The molecule has 1 saturated carbocycles. The number of carbonyl (C=O) groups is 1. The van der Waals surface area contributed by atoms with Gasteiger partial charge in [0.2, 0.25) is 0 Å². The quantitative estimate of drug-likeness (QED) is 0.441.